The van der Waals surface area contributed by atoms with Crippen molar-refractivity contribution in [3.05, 3.63) is 48.6 Å². The maximum atomic E-state index is 12.7. The van der Waals surface area contributed by atoms with Crippen LogP contribution in [-0.2, 0) is 32.7 Å². The first-order valence-electron chi connectivity index (χ1n) is 20.4. The SMILES string of the molecule is CCCCCCCC/C=C/C/C=C/CCC(=O)OCC(COP(=O)(O)OC1C(O)C(O)C(O)[C@@H](O)C1O)OC(=O)CC/C=C/C/C=C/CCCCCCCC. The van der Waals surface area contributed by atoms with Gasteiger partial charge in [-0.1, -0.05) is 127 Å². The first-order chi connectivity index (χ1) is 26.4. The molecule has 1 fully saturated rings. The highest BCUT2D eigenvalue weighted by molar-refractivity contribution is 7.47. The van der Waals surface area contributed by atoms with E-state index in [-0.39, 0.29) is 12.8 Å². The van der Waals surface area contributed by atoms with Gasteiger partial charge in [-0.25, -0.2) is 4.57 Å². The van der Waals surface area contributed by atoms with Gasteiger partial charge in [0.1, 0.15) is 43.2 Å². The molecule has 7 unspecified atom stereocenters. The first-order valence-corrected chi connectivity index (χ1v) is 21.9. The highest BCUT2D eigenvalue weighted by Gasteiger charge is 2.51. The normalized spacial score (nSPS) is 23.6. The van der Waals surface area contributed by atoms with Crippen molar-refractivity contribution in [3.8, 4) is 0 Å². The van der Waals surface area contributed by atoms with E-state index >= 15 is 0 Å². The third-order valence-corrected chi connectivity index (χ3v) is 10.2. The van der Waals surface area contributed by atoms with Gasteiger partial charge in [0.25, 0.3) is 0 Å². The van der Waals surface area contributed by atoms with E-state index < -0.39 is 75.7 Å². The number of rotatable bonds is 32. The highest BCUT2D eigenvalue weighted by Crippen LogP contribution is 2.47. The topological polar surface area (TPSA) is 210 Å². The van der Waals surface area contributed by atoms with E-state index in [2.05, 4.69) is 38.2 Å². The lowest BCUT2D eigenvalue weighted by molar-refractivity contribution is -0.220. The number of allylic oxidation sites excluding steroid dienone is 8. The molecule has 1 aliphatic rings. The monoisotopic (exact) mass is 802 g/mol. The molecule has 13 nitrogen and oxygen atoms in total. The lowest BCUT2D eigenvalue weighted by Gasteiger charge is -2.41. The van der Waals surface area contributed by atoms with E-state index in [0.717, 1.165) is 25.7 Å². The van der Waals surface area contributed by atoms with E-state index in [1.54, 1.807) is 0 Å². The van der Waals surface area contributed by atoms with Gasteiger partial charge in [-0.15, -0.1) is 0 Å². The number of hydrogen-bond donors (Lipinski definition) is 6. The van der Waals surface area contributed by atoms with Crippen molar-refractivity contribution >= 4 is 19.8 Å². The Morgan fingerprint density at radius 1 is 0.564 bits per heavy atom. The fourth-order valence-electron chi connectivity index (χ4n) is 5.80. The second-order valence-electron chi connectivity index (χ2n) is 14.1. The molecule has 0 saturated heterocycles. The Labute approximate surface area is 329 Å². The number of esters is 2. The molecule has 14 heteroatoms. The molecule has 8 atom stereocenters. The average Bonchev–Trinajstić information content (AvgIpc) is 3.16. The summed E-state index contributed by atoms with van der Waals surface area (Å²) in [5, 5.41) is 49.9. The van der Waals surface area contributed by atoms with Crippen molar-refractivity contribution in [1.29, 1.82) is 0 Å². The molecular weight excluding hydrogens is 731 g/mol. The summed E-state index contributed by atoms with van der Waals surface area (Å²) in [5.41, 5.74) is 0. The van der Waals surface area contributed by atoms with Crippen LogP contribution in [0.5, 0.6) is 0 Å². The number of carbonyl (C=O) groups excluding carboxylic acids is 2. The predicted octanol–water partition coefficient (Wildman–Crippen LogP) is 6.83. The zero-order valence-electron chi connectivity index (χ0n) is 33.2. The predicted molar refractivity (Wildman–Crippen MR) is 212 cm³/mol. The summed E-state index contributed by atoms with van der Waals surface area (Å²) < 4.78 is 33.2. The van der Waals surface area contributed by atoms with Crippen molar-refractivity contribution in [1.82, 2.24) is 0 Å². The maximum Gasteiger partial charge on any atom is 0.472 e. The van der Waals surface area contributed by atoms with Gasteiger partial charge in [0.05, 0.1) is 6.61 Å². The van der Waals surface area contributed by atoms with Crippen molar-refractivity contribution < 1.29 is 63.1 Å². The summed E-state index contributed by atoms with van der Waals surface area (Å²) in [6, 6.07) is 0. The molecule has 0 aliphatic heterocycles. The number of phosphoric acid groups is 1. The van der Waals surface area contributed by atoms with Crippen molar-refractivity contribution in [2.24, 2.45) is 0 Å². The van der Waals surface area contributed by atoms with Crippen LogP contribution in [0.4, 0.5) is 0 Å². The molecule has 1 saturated carbocycles. The van der Waals surface area contributed by atoms with Crippen LogP contribution >= 0.6 is 7.82 Å². The second kappa shape index (κ2) is 31.8. The molecule has 1 aliphatic carbocycles. The molecule has 0 amide bonds. The molecule has 1 rings (SSSR count). The van der Waals surface area contributed by atoms with Crippen LogP contribution in [0.1, 0.15) is 142 Å². The van der Waals surface area contributed by atoms with Crippen molar-refractivity contribution in [3.63, 3.8) is 0 Å². The van der Waals surface area contributed by atoms with E-state index in [0.29, 0.717) is 12.8 Å². The quantitative estimate of drug-likeness (QED) is 0.0179. The molecule has 55 heavy (non-hydrogen) atoms. The van der Waals surface area contributed by atoms with Gasteiger partial charge in [0, 0.05) is 12.8 Å². The Balaban J connectivity index is 2.61. The van der Waals surface area contributed by atoms with Gasteiger partial charge in [-0.05, 0) is 51.4 Å². The first kappa shape index (κ1) is 50.8. The summed E-state index contributed by atoms with van der Waals surface area (Å²) in [6.07, 6.45) is 22.2. The van der Waals surface area contributed by atoms with E-state index in [1.165, 1.54) is 77.0 Å². The Hall–Kier alpha value is -2.19. The van der Waals surface area contributed by atoms with Crippen LogP contribution in [0.3, 0.4) is 0 Å². The molecule has 0 aromatic rings. The van der Waals surface area contributed by atoms with E-state index in [4.69, 9.17) is 18.5 Å². The number of unbranched alkanes of at least 4 members (excludes halogenated alkanes) is 12. The highest BCUT2D eigenvalue weighted by atomic mass is 31.2. The Bertz CT molecular complexity index is 1160. The van der Waals surface area contributed by atoms with E-state index in [9.17, 15) is 44.6 Å². The lowest BCUT2D eigenvalue weighted by atomic mass is 9.85. The standard InChI is InChI=1S/C41H71O13P/c1-3-5-7-9-11-13-15-17-19-21-23-25-27-29-34(42)51-31-33(32-52-55(49,50)54-41-39(47)37(45)36(44)38(46)40(41)48)53-35(43)30-28-26-24-22-20-18-16-14-12-10-8-6-4-2/h17-20,23-26,33,36-41,44-48H,3-16,21-22,27-32H2,1-2H3,(H,49,50)/b19-17+,20-18+,25-23+,26-24+/t33?,36?,37-,38?,39?,40?,41?/m1/s1. The molecule has 0 heterocycles. The molecule has 6 N–H and O–H groups in total. The molecule has 318 valence electrons. The van der Waals surface area contributed by atoms with Gasteiger partial charge < -0.3 is 39.9 Å². The number of ether oxygens (including phenoxy) is 2. The van der Waals surface area contributed by atoms with Crippen molar-refractivity contribution in [2.75, 3.05) is 13.2 Å². The average molecular weight is 803 g/mol. The lowest BCUT2D eigenvalue weighted by Crippen LogP contribution is -2.64. The summed E-state index contributed by atoms with van der Waals surface area (Å²) >= 11 is 0. The van der Waals surface area contributed by atoms with Gasteiger partial charge in [0.15, 0.2) is 6.10 Å². The number of phosphoric ester groups is 1. The summed E-state index contributed by atoms with van der Waals surface area (Å²) in [5.74, 6) is -1.26. The van der Waals surface area contributed by atoms with Gasteiger partial charge in [0.2, 0.25) is 0 Å². The van der Waals surface area contributed by atoms with Gasteiger partial charge in [-0.3, -0.25) is 18.6 Å². The van der Waals surface area contributed by atoms with Crippen LogP contribution in [0.2, 0.25) is 0 Å². The molecular formula is C41H71O13P. The third-order valence-electron chi connectivity index (χ3n) is 9.17. The van der Waals surface area contributed by atoms with Crippen molar-refractivity contribution in [2.45, 2.75) is 185 Å². The molecule has 0 spiro atoms. The Kier molecular flexibility index (Phi) is 29.4. The van der Waals surface area contributed by atoms with Crippen LogP contribution in [-0.4, -0.2) is 98.3 Å². The number of aliphatic hydroxyl groups excluding tert-OH is 5. The Morgan fingerprint density at radius 2 is 0.982 bits per heavy atom. The molecule has 0 bridgehead atoms. The minimum absolute atomic E-state index is 0.0214. The number of aliphatic hydroxyl groups is 5. The summed E-state index contributed by atoms with van der Waals surface area (Å²) in [7, 11) is -5.14. The second-order valence-corrected chi connectivity index (χ2v) is 15.5. The third kappa shape index (κ3) is 24.9. The van der Waals surface area contributed by atoms with Crippen LogP contribution < -0.4 is 0 Å². The molecule has 0 radical (unpaired) electrons. The summed E-state index contributed by atoms with van der Waals surface area (Å²) in [4.78, 5) is 35.4. The molecule has 0 aromatic heterocycles. The minimum atomic E-state index is -5.14. The zero-order valence-corrected chi connectivity index (χ0v) is 34.1. The Morgan fingerprint density at radius 3 is 1.47 bits per heavy atom. The minimum Gasteiger partial charge on any atom is -0.462 e. The fraction of sp³-hybridized carbons (Fsp3) is 0.756. The fourth-order valence-corrected chi connectivity index (χ4v) is 6.78. The van der Waals surface area contributed by atoms with Crippen LogP contribution in [0.25, 0.3) is 0 Å². The largest absolute Gasteiger partial charge is 0.472 e. The zero-order chi connectivity index (χ0) is 40.7. The van der Waals surface area contributed by atoms with E-state index in [1.807, 2.05) is 24.3 Å². The van der Waals surface area contributed by atoms with Crippen LogP contribution in [0.15, 0.2) is 48.6 Å². The maximum absolute atomic E-state index is 12.7. The summed E-state index contributed by atoms with van der Waals surface area (Å²) in [6.45, 7) is 3.14. The molecule has 0 aromatic carbocycles. The van der Waals surface area contributed by atoms with Gasteiger partial charge in [-0.2, -0.15) is 0 Å². The smallest absolute Gasteiger partial charge is 0.462 e. The van der Waals surface area contributed by atoms with Crippen LogP contribution in [0, 0.1) is 0 Å². The number of carbonyl (C=O) groups is 2. The van der Waals surface area contributed by atoms with Gasteiger partial charge >= 0.3 is 19.8 Å². The number of hydrogen-bond acceptors (Lipinski definition) is 12.